The van der Waals surface area contributed by atoms with Gasteiger partial charge in [-0.25, -0.2) is 8.42 Å². The average molecular weight is 335 g/mol. The first-order valence-corrected chi connectivity index (χ1v) is 10.0. The Bertz CT molecular complexity index is 789. The number of aromatic nitrogens is 1. The molecule has 2 aromatic rings. The Morgan fingerprint density at radius 3 is 2.52 bits per heavy atom. The summed E-state index contributed by atoms with van der Waals surface area (Å²) in [5.41, 5.74) is 1.83. The fourth-order valence-corrected chi connectivity index (χ4v) is 3.85. The second-order valence-electron chi connectivity index (χ2n) is 6.36. The third kappa shape index (κ3) is 3.23. The van der Waals surface area contributed by atoms with Gasteiger partial charge in [0.05, 0.1) is 17.5 Å². The van der Waals surface area contributed by atoms with E-state index < -0.39 is 10.0 Å². The summed E-state index contributed by atoms with van der Waals surface area (Å²) in [5, 5.41) is 1.16. The summed E-state index contributed by atoms with van der Waals surface area (Å²) in [4.78, 5) is 2.48. The highest BCUT2D eigenvalue weighted by atomic mass is 32.2. The van der Waals surface area contributed by atoms with Gasteiger partial charge >= 0.3 is 0 Å². The minimum absolute atomic E-state index is 0.495. The molecule has 0 atom stereocenters. The van der Waals surface area contributed by atoms with Crippen molar-refractivity contribution in [2.75, 3.05) is 37.2 Å². The van der Waals surface area contributed by atoms with E-state index in [2.05, 4.69) is 28.7 Å². The van der Waals surface area contributed by atoms with Gasteiger partial charge in [-0.15, -0.1) is 0 Å². The van der Waals surface area contributed by atoms with Crippen molar-refractivity contribution in [2.24, 2.45) is 0 Å². The molecule has 3 rings (SSSR count). The zero-order valence-electron chi connectivity index (χ0n) is 14.1. The molecule has 6 heteroatoms. The normalized spacial score (nSPS) is 17.7. The molecular weight excluding hydrogens is 310 g/mol. The van der Waals surface area contributed by atoms with Crippen LogP contribution in [0.15, 0.2) is 30.5 Å². The van der Waals surface area contributed by atoms with E-state index in [4.69, 9.17) is 0 Å². The predicted molar refractivity (Wildman–Crippen MR) is 95.6 cm³/mol. The molecule has 0 aliphatic carbocycles. The molecule has 1 aliphatic heterocycles. The molecule has 1 fully saturated rings. The van der Waals surface area contributed by atoms with Crippen LogP contribution in [0.25, 0.3) is 10.9 Å². The average Bonchev–Trinajstić information content (AvgIpc) is 2.96. The van der Waals surface area contributed by atoms with Crippen LogP contribution in [0.1, 0.15) is 25.8 Å². The first-order valence-electron chi connectivity index (χ1n) is 8.17. The molecule has 23 heavy (non-hydrogen) atoms. The fourth-order valence-electron chi connectivity index (χ4n) is 3.36. The van der Waals surface area contributed by atoms with E-state index in [-0.39, 0.29) is 0 Å². The first kappa shape index (κ1) is 16.3. The monoisotopic (exact) mass is 335 g/mol. The SMILES string of the molecule is CCN1CCC(n2ccc3ccc(N(C)S(C)(=O)=O)cc32)CC1. The Kier molecular flexibility index (Phi) is 4.38. The molecule has 5 nitrogen and oxygen atoms in total. The summed E-state index contributed by atoms with van der Waals surface area (Å²) < 4.78 is 27.2. The van der Waals surface area contributed by atoms with E-state index >= 15 is 0 Å². The number of sulfonamides is 1. The van der Waals surface area contributed by atoms with E-state index in [0.717, 1.165) is 43.4 Å². The number of rotatable bonds is 4. The second-order valence-corrected chi connectivity index (χ2v) is 8.38. The third-order valence-corrected chi connectivity index (χ3v) is 6.17. The number of fused-ring (bicyclic) bond motifs is 1. The smallest absolute Gasteiger partial charge is 0.231 e. The van der Waals surface area contributed by atoms with E-state index in [1.165, 1.54) is 10.6 Å². The van der Waals surface area contributed by atoms with Crippen LogP contribution in [0.5, 0.6) is 0 Å². The summed E-state index contributed by atoms with van der Waals surface area (Å²) in [6.07, 6.45) is 5.66. The van der Waals surface area contributed by atoms with E-state index in [1.54, 1.807) is 7.05 Å². The highest BCUT2D eigenvalue weighted by Gasteiger charge is 2.21. The Morgan fingerprint density at radius 2 is 1.91 bits per heavy atom. The van der Waals surface area contributed by atoms with E-state index in [9.17, 15) is 8.42 Å². The number of anilines is 1. The van der Waals surface area contributed by atoms with Gasteiger partial charge in [0.1, 0.15) is 0 Å². The molecule has 2 heterocycles. The maximum atomic E-state index is 11.8. The molecule has 1 aliphatic rings. The summed E-state index contributed by atoms with van der Waals surface area (Å²) in [6.45, 7) is 5.58. The highest BCUT2D eigenvalue weighted by Crippen LogP contribution is 2.30. The van der Waals surface area contributed by atoms with Crippen molar-refractivity contribution in [2.45, 2.75) is 25.8 Å². The van der Waals surface area contributed by atoms with Crippen LogP contribution in [-0.4, -0.2) is 50.8 Å². The minimum atomic E-state index is -3.24. The van der Waals surface area contributed by atoms with Gasteiger partial charge < -0.3 is 9.47 Å². The van der Waals surface area contributed by atoms with Crippen molar-refractivity contribution in [1.82, 2.24) is 9.47 Å². The molecule has 0 bridgehead atoms. The zero-order valence-corrected chi connectivity index (χ0v) is 14.9. The van der Waals surface area contributed by atoms with Crippen LogP contribution < -0.4 is 4.31 Å². The lowest BCUT2D eigenvalue weighted by Crippen LogP contribution is -2.34. The van der Waals surface area contributed by atoms with Crippen LogP contribution >= 0.6 is 0 Å². The molecule has 1 saturated heterocycles. The van der Waals surface area contributed by atoms with Gasteiger partial charge in [-0.3, -0.25) is 4.31 Å². The van der Waals surface area contributed by atoms with Crippen LogP contribution in [0.3, 0.4) is 0 Å². The molecule has 126 valence electrons. The van der Waals surface area contributed by atoms with Crippen LogP contribution in [-0.2, 0) is 10.0 Å². The van der Waals surface area contributed by atoms with Crippen LogP contribution in [0.4, 0.5) is 5.69 Å². The van der Waals surface area contributed by atoms with Crippen LogP contribution in [0, 0.1) is 0 Å². The lowest BCUT2D eigenvalue weighted by atomic mass is 10.0. The number of hydrogen-bond acceptors (Lipinski definition) is 3. The minimum Gasteiger partial charge on any atom is -0.344 e. The largest absolute Gasteiger partial charge is 0.344 e. The molecule has 1 aromatic carbocycles. The summed E-state index contributed by atoms with van der Waals surface area (Å²) in [5.74, 6) is 0. The molecule has 0 spiro atoms. The van der Waals surface area contributed by atoms with Crippen molar-refractivity contribution in [3.8, 4) is 0 Å². The first-order chi connectivity index (χ1) is 10.9. The number of benzene rings is 1. The molecule has 0 radical (unpaired) electrons. The number of piperidine rings is 1. The van der Waals surface area contributed by atoms with Crippen molar-refractivity contribution >= 4 is 26.6 Å². The third-order valence-electron chi connectivity index (χ3n) is 4.97. The summed E-state index contributed by atoms with van der Waals surface area (Å²) in [6, 6.07) is 8.47. The molecular formula is C17H25N3O2S. The van der Waals surface area contributed by atoms with Gasteiger partial charge in [0, 0.05) is 32.4 Å². The van der Waals surface area contributed by atoms with Crippen molar-refractivity contribution < 1.29 is 8.42 Å². The molecule has 0 saturated carbocycles. The Labute approximate surface area is 138 Å². The number of hydrogen-bond donors (Lipinski definition) is 0. The number of likely N-dealkylation sites (tertiary alicyclic amines) is 1. The van der Waals surface area contributed by atoms with Gasteiger partial charge in [0.25, 0.3) is 0 Å². The zero-order chi connectivity index (χ0) is 16.6. The van der Waals surface area contributed by atoms with Gasteiger partial charge in [0.15, 0.2) is 0 Å². The fraction of sp³-hybridized carbons (Fsp3) is 0.529. The maximum absolute atomic E-state index is 11.8. The lowest BCUT2D eigenvalue weighted by Gasteiger charge is -2.32. The van der Waals surface area contributed by atoms with Gasteiger partial charge in [-0.1, -0.05) is 13.0 Å². The van der Waals surface area contributed by atoms with Crippen molar-refractivity contribution in [1.29, 1.82) is 0 Å². The number of nitrogens with zero attached hydrogens (tertiary/aromatic N) is 3. The van der Waals surface area contributed by atoms with Crippen molar-refractivity contribution in [3.05, 3.63) is 30.5 Å². The highest BCUT2D eigenvalue weighted by molar-refractivity contribution is 7.92. The standard InChI is InChI=1S/C17H25N3O2S/c1-4-19-10-8-15(9-11-19)20-12-7-14-5-6-16(13-17(14)20)18(2)23(3,21)22/h5-7,12-13,15H,4,8-11H2,1-3H3. The predicted octanol–water partition coefficient (Wildman–Crippen LogP) is 2.69. The Balaban J connectivity index is 1.93. The second kappa shape index (κ2) is 6.17. The molecule has 0 amide bonds. The quantitative estimate of drug-likeness (QED) is 0.863. The molecule has 1 aromatic heterocycles. The topological polar surface area (TPSA) is 45.5 Å². The Hall–Kier alpha value is -1.53. The summed E-state index contributed by atoms with van der Waals surface area (Å²) >= 11 is 0. The van der Waals surface area contributed by atoms with E-state index in [0.29, 0.717) is 11.7 Å². The Morgan fingerprint density at radius 1 is 1.22 bits per heavy atom. The lowest BCUT2D eigenvalue weighted by molar-refractivity contribution is 0.197. The van der Waals surface area contributed by atoms with Gasteiger partial charge in [-0.2, -0.15) is 0 Å². The summed E-state index contributed by atoms with van der Waals surface area (Å²) in [7, 11) is -1.64. The van der Waals surface area contributed by atoms with E-state index in [1.807, 2.05) is 18.2 Å². The van der Waals surface area contributed by atoms with Gasteiger partial charge in [-0.05, 0) is 43.0 Å². The van der Waals surface area contributed by atoms with Gasteiger partial charge in [0.2, 0.25) is 10.0 Å². The van der Waals surface area contributed by atoms with Crippen LogP contribution in [0.2, 0.25) is 0 Å². The maximum Gasteiger partial charge on any atom is 0.231 e. The molecule has 0 N–H and O–H groups in total. The molecule has 0 unspecified atom stereocenters. The van der Waals surface area contributed by atoms with Crippen molar-refractivity contribution in [3.63, 3.8) is 0 Å².